The summed E-state index contributed by atoms with van der Waals surface area (Å²) in [4.78, 5) is 23.5. The van der Waals surface area contributed by atoms with Crippen LogP contribution in [0.5, 0.6) is 0 Å². The number of rotatable bonds is 8. The van der Waals surface area contributed by atoms with Crippen LogP contribution in [0.3, 0.4) is 0 Å². The third-order valence-corrected chi connectivity index (χ3v) is 3.48. The Labute approximate surface area is 128 Å². The lowest BCUT2D eigenvalue weighted by Crippen LogP contribution is -2.40. The number of carbonyl (C=O) groups excluding carboxylic acids is 2. The van der Waals surface area contributed by atoms with Crippen molar-refractivity contribution < 1.29 is 9.59 Å². The second-order valence-electron chi connectivity index (χ2n) is 5.30. The highest BCUT2D eigenvalue weighted by Gasteiger charge is 2.23. The molecular weight excluding hydrogens is 278 g/mol. The molecule has 6 heteroatoms. The topological polar surface area (TPSA) is 70.2 Å². The minimum atomic E-state index is -0.0905. The number of amides is 2. The summed E-state index contributed by atoms with van der Waals surface area (Å²) in [6.45, 7) is 6.24. The molecule has 1 aliphatic carbocycles. The van der Waals surface area contributed by atoms with Crippen LogP contribution in [0.4, 0.5) is 0 Å². The Hall–Kier alpha value is -0.810. The van der Waals surface area contributed by atoms with Crippen molar-refractivity contribution in [2.24, 2.45) is 5.92 Å². The molecule has 118 valence electrons. The van der Waals surface area contributed by atoms with E-state index in [2.05, 4.69) is 16.0 Å². The third-order valence-electron chi connectivity index (χ3n) is 3.48. The molecule has 1 fully saturated rings. The number of halogens is 1. The summed E-state index contributed by atoms with van der Waals surface area (Å²) in [7, 11) is 0. The van der Waals surface area contributed by atoms with Crippen LogP contribution in [0.25, 0.3) is 0 Å². The number of hydrogen-bond donors (Lipinski definition) is 3. The van der Waals surface area contributed by atoms with Gasteiger partial charge in [0.05, 0.1) is 0 Å². The molecule has 0 spiro atoms. The summed E-state index contributed by atoms with van der Waals surface area (Å²) in [5, 5.41) is 8.92. The van der Waals surface area contributed by atoms with Crippen LogP contribution >= 0.6 is 12.4 Å². The van der Waals surface area contributed by atoms with Gasteiger partial charge >= 0.3 is 0 Å². The largest absolute Gasteiger partial charge is 0.355 e. The molecule has 0 aromatic heterocycles. The van der Waals surface area contributed by atoms with Crippen molar-refractivity contribution in [1.29, 1.82) is 0 Å². The van der Waals surface area contributed by atoms with Crippen LogP contribution in [0, 0.1) is 5.92 Å². The van der Waals surface area contributed by atoms with E-state index in [0.29, 0.717) is 13.0 Å². The van der Waals surface area contributed by atoms with Gasteiger partial charge < -0.3 is 16.0 Å². The number of nitrogens with one attached hydrogen (secondary N) is 3. The molecule has 0 radical (unpaired) electrons. The van der Waals surface area contributed by atoms with E-state index in [4.69, 9.17) is 0 Å². The van der Waals surface area contributed by atoms with Gasteiger partial charge in [-0.3, -0.25) is 9.59 Å². The van der Waals surface area contributed by atoms with Crippen LogP contribution in [0.1, 0.15) is 46.0 Å². The second kappa shape index (κ2) is 10.9. The van der Waals surface area contributed by atoms with Crippen LogP contribution in [0.2, 0.25) is 0 Å². The standard InChI is InChI=1S/C14H27N3O2.ClH/c1-3-15-8-9-16-13(18)10-11(2)17-14(19)12-6-4-5-7-12;/h11-12,15H,3-10H2,1-2H3,(H,16,18)(H,17,19);1H. The van der Waals surface area contributed by atoms with Gasteiger partial charge in [0.15, 0.2) is 0 Å². The van der Waals surface area contributed by atoms with E-state index < -0.39 is 0 Å². The first kappa shape index (κ1) is 19.2. The Morgan fingerprint density at radius 3 is 2.45 bits per heavy atom. The van der Waals surface area contributed by atoms with E-state index in [1.165, 1.54) is 0 Å². The lowest BCUT2D eigenvalue weighted by Gasteiger charge is -2.16. The lowest BCUT2D eigenvalue weighted by atomic mass is 10.1. The predicted octanol–water partition coefficient (Wildman–Crippen LogP) is 1.22. The van der Waals surface area contributed by atoms with Crippen molar-refractivity contribution in [3.05, 3.63) is 0 Å². The Bertz CT molecular complexity index is 294. The average Bonchev–Trinajstić information content (AvgIpc) is 2.88. The predicted molar refractivity (Wildman–Crippen MR) is 83.0 cm³/mol. The molecule has 0 heterocycles. The monoisotopic (exact) mass is 305 g/mol. The molecule has 0 bridgehead atoms. The maximum atomic E-state index is 11.9. The van der Waals surface area contributed by atoms with Gasteiger partial charge in [0.25, 0.3) is 0 Å². The van der Waals surface area contributed by atoms with Crippen molar-refractivity contribution in [3.8, 4) is 0 Å². The van der Waals surface area contributed by atoms with Crippen molar-refractivity contribution in [3.63, 3.8) is 0 Å². The Balaban J connectivity index is 0.00000361. The molecule has 1 atom stereocenters. The first-order valence-corrected chi connectivity index (χ1v) is 7.41. The Morgan fingerprint density at radius 1 is 1.20 bits per heavy atom. The molecule has 5 nitrogen and oxygen atoms in total. The highest BCUT2D eigenvalue weighted by molar-refractivity contribution is 5.85. The van der Waals surface area contributed by atoms with E-state index in [1.54, 1.807) is 0 Å². The van der Waals surface area contributed by atoms with Crippen molar-refractivity contribution in [2.75, 3.05) is 19.6 Å². The van der Waals surface area contributed by atoms with Gasteiger partial charge in [0.2, 0.25) is 11.8 Å². The van der Waals surface area contributed by atoms with E-state index >= 15 is 0 Å². The van der Waals surface area contributed by atoms with Crippen molar-refractivity contribution in [1.82, 2.24) is 16.0 Å². The summed E-state index contributed by atoms with van der Waals surface area (Å²) in [5.41, 5.74) is 0. The number of likely N-dealkylation sites (N-methyl/N-ethyl adjacent to an activating group) is 1. The van der Waals surface area contributed by atoms with Gasteiger partial charge in [-0.15, -0.1) is 12.4 Å². The normalized spacial score (nSPS) is 16.3. The molecule has 3 N–H and O–H groups in total. The molecule has 1 unspecified atom stereocenters. The molecule has 0 aromatic rings. The summed E-state index contributed by atoms with van der Waals surface area (Å²) in [6.07, 6.45) is 4.64. The molecule has 0 saturated heterocycles. The molecule has 0 aliphatic heterocycles. The van der Waals surface area contributed by atoms with E-state index in [9.17, 15) is 9.59 Å². The summed E-state index contributed by atoms with van der Waals surface area (Å²) >= 11 is 0. The van der Waals surface area contributed by atoms with Gasteiger partial charge in [0, 0.05) is 31.5 Å². The van der Waals surface area contributed by atoms with E-state index in [0.717, 1.165) is 38.8 Å². The Morgan fingerprint density at radius 2 is 1.85 bits per heavy atom. The molecule has 2 amide bonds. The summed E-state index contributed by atoms with van der Waals surface area (Å²) in [5.74, 6) is 0.279. The van der Waals surface area contributed by atoms with Crippen LogP contribution < -0.4 is 16.0 Å². The molecule has 20 heavy (non-hydrogen) atoms. The van der Waals surface area contributed by atoms with E-state index in [-0.39, 0.29) is 36.2 Å². The quantitative estimate of drug-likeness (QED) is 0.591. The second-order valence-corrected chi connectivity index (χ2v) is 5.30. The summed E-state index contributed by atoms with van der Waals surface area (Å²) in [6, 6.07) is -0.0905. The third kappa shape index (κ3) is 7.70. The first-order chi connectivity index (χ1) is 9.13. The number of hydrogen-bond acceptors (Lipinski definition) is 3. The van der Waals surface area contributed by atoms with Crippen LogP contribution in [0.15, 0.2) is 0 Å². The van der Waals surface area contributed by atoms with Gasteiger partial charge in [-0.05, 0) is 26.3 Å². The highest BCUT2D eigenvalue weighted by Crippen LogP contribution is 2.24. The number of carbonyl (C=O) groups is 2. The minimum Gasteiger partial charge on any atom is -0.355 e. The van der Waals surface area contributed by atoms with Crippen molar-refractivity contribution in [2.45, 2.75) is 52.0 Å². The van der Waals surface area contributed by atoms with Crippen LogP contribution in [-0.4, -0.2) is 37.5 Å². The zero-order chi connectivity index (χ0) is 14.1. The SMILES string of the molecule is CCNCCNC(=O)CC(C)NC(=O)C1CCCC1.Cl. The van der Waals surface area contributed by atoms with Gasteiger partial charge in [0.1, 0.15) is 0 Å². The molecular formula is C14H28ClN3O2. The summed E-state index contributed by atoms with van der Waals surface area (Å²) < 4.78 is 0. The lowest BCUT2D eigenvalue weighted by molar-refractivity contribution is -0.126. The van der Waals surface area contributed by atoms with Gasteiger partial charge in [-0.1, -0.05) is 19.8 Å². The Kier molecular flexibility index (Phi) is 10.5. The molecule has 0 aromatic carbocycles. The zero-order valence-corrected chi connectivity index (χ0v) is 13.4. The molecule has 1 rings (SSSR count). The maximum Gasteiger partial charge on any atom is 0.223 e. The fourth-order valence-corrected chi connectivity index (χ4v) is 2.42. The van der Waals surface area contributed by atoms with Crippen molar-refractivity contribution >= 4 is 24.2 Å². The smallest absolute Gasteiger partial charge is 0.223 e. The molecule has 1 saturated carbocycles. The fourth-order valence-electron chi connectivity index (χ4n) is 2.42. The minimum absolute atomic E-state index is 0. The van der Waals surface area contributed by atoms with Gasteiger partial charge in [-0.2, -0.15) is 0 Å². The zero-order valence-electron chi connectivity index (χ0n) is 12.5. The molecule has 1 aliphatic rings. The first-order valence-electron chi connectivity index (χ1n) is 7.41. The van der Waals surface area contributed by atoms with Gasteiger partial charge in [-0.25, -0.2) is 0 Å². The fraction of sp³-hybridized carbons (Fsp3) is 0.857. The average molecular weight is 306 g/mol. The highest BCUT2D eigenvalue weighted by atomic mass is 35.5. The van der Waals surface area contributed by atoms with Crippen LogP contribution in [-0.2, 0) is 9.59 Å². The van der Waals surface area contributed by atoms with E-state index in [1.807, 2.05) is 13.8 Å². The maximum absolute atomic E-state index is 11.9.